The molecule has 26 heavy (non-hydrogen) atoms. The van der Waals surface area contributed by atoms with Gasteiger partial charge in [-0.3, -0.25) is 9.59 Å². The largest absolute Gasteiger partial charge is 0.422 e. The first kappa shape index (κ1) is 16.6. The quantitative estimate of drug-likeness (QED) is 0.680. The summed E-state index contributed by atoms with van der Waals surface area (Å²) in [5.74, 6) is 0.101. The number of ketones is 1. The van der Waals surface area contributed by atoms with Crippen molar-refractivity contribution < 1.29 is 19.1 Å². The number of aromatic nitrogens is 1. The summed E-state index contributed by atoms with van der Waals surface area (Å²) in [5.41, 5.74) is 3.28. The molecule has 0 bridgehead atoms. The molecule has 0 unspecified atom stereocenters. The summed E-state index contributed by atoms with van der Waals surface area (Å²) in [5, 5.41) is 0. The van der Waals surface area contributed by atoms with Crippen molar-refractivity contribution in [3.05, 3.63) is 46.8 Å². The first-order chi connectivity index (χ1) is 12.5. The monoisotopic (exact) mass is 352 g/mol. The van der Waals surface area contributed by atoms with Gasteiger partial charge < -0.3 is 14.6 Å². The van der Waals surface area contributed by atoms with Gasteiger partial charge in [0.25, 0.3) is 0 Å². The number of H-pyrrole nitrogens is 1. The van der Waals surface area contributed by atoms with Crippen LogP contribution in [0.4, 0.5) is 5.69 Å². The van der Waals surface area contributed by atoms with Gasteiger partial charge in [0.2, 0.25) is 5.91 Å². The minimum atomic E-state index is -0.505. The molecule has 0 spiro atoms. The molecule has 1 amide bonds. The fourth-order valence-corrected chi connectivity index (χ4v) is 3.75. The third kappa shape index (κ3) is 2.81. The van der Waals surface area contributed by atoms with Crippen molar-refractivity contribution in [1.82, 2.24) is 4.98 Å². The number of aromatic amines is 1. The summed E-state index contributed by atoms with van der Waals surface area (Å²) in [4.78, 5) is 41.2. The second kappa shape index (κ2) is 6.44. The number of rotatable bonds is 3. The van der Waals surface area contributed by atoms with Crippen LogP contribution in [-0.2, 0) is 11.2 Å². The first-order valence-corrected chi connectivity index (χ1v) is 8.92. The lowest BCUT2D eigenvalue weighted by atomic mass is 9.94. The van der Waals surface area contributed by atoms with E-state index in [2.05, 4.69) is 4.98 Å². The van der Waals surface area contributed by atoms with Crippen molar-refractivity contribution in [2.75, 3.05) is 11.4 Å². The minimum absolute atomic E-state index is 0.0821. The van der Waals surface area contributed by atoms with Gasteiger partial charge in [-0.1, -0.05) is 0 Å². The zero-order chi connectivity index (χ0) is 18.3. The van der Waals surface area contributed by atoms with E-state index in [0.29, 0.717) is 35.4 Å². The smallest absolute Gasteiger partial charge is 0.360 e. The molecule has 1 saturated heterocycles. The number of fused-ring (bicyclic) bond motifs is 1. The molecule has 2 aliphatic rings. The van der Waals surface area contributed by atoms with E-state index in [0.717, 1.165) is 37.2 Å². The molecule has 0 saturated carbocycles. The van der Waals surface area contributed by atoms with E-state index < -0.39 is 5.97 Å². The summed E-state index contributed by atoms with van der Waals surface area (Å²) < 4.78 is 5.45. The van der Waals surface area contributed by atoms with Gasteiger partial charge in [-0.25, -0.2) is 4.79 Å². The Labute approximate surface area is 151 Å². The minimum Gasteiger partial charge on any atom is -0.422 e. The van der Waals surface area contributed by atoms with Crippen molar-refractivity contribution in [2.45, 2.75) is 39.0 Å². The predicted molar refractivity (Wildman–Crippen MR) is 95.8 cm³/mol. The number of ether oxygens (including phenoxy) is 1. The van der Waals surface area contributed by atoms with E-state index in [4.69, 9.17) is 4.74 Å². The molecule has 2 aromatic rings. The Morgan fingerprint density at radius 2 is 1.85 bits per heavy atom. The van der Waals surface area contributed by atoms with Crippen LogP contribution in [0.15, 0.2) is 24.3 Å². The molecule has 1 fully saturated rings. The molecule has 1 N–H and O–H groups in total. The highest BCUT2D eigenvalue weighted by molar-refractivity contribution is 6.03. The molecule has 1 aliphatic carbocycles. The van der Waals surface area contributed by atoms with Crippen molar-refractivity contribution in [3.8, 4) is 5.75 Å². The van der Waals surface area contributed by atoms with E-state index >= 15 is 0 Å². The molecule has 4 rings (SSSR count). The number of anilines is 1. The van der Waals surface area contributed by atoms with Gasteiger partial charge in [-0.15, -0.1) is 0 Å². The molecule has 0 radical (unpaired) electrons. The number of carbonyl (C=O) groups excluding carboxylic acids is 3. The number of hydrogen-bond donors (Lipinski definition) is 1. The number of nitrogens with one attached hydrogen (secondary N) is 1. The lowest BCUT2D eigenvalue weighted by Gasteiger charge is -2.15. The summed E-state index contributed by atoms with van der Waals surface area (Å²) in [6.45, 7) is 2.50. The second-order valence-corrected chi connectivity index (χ2v) is 6.79. The Hall–Kier alpha value is -2.89. The van der Waals surface area contributed by atoms with Gasteiger partial charge in [0.15, 0.2) is 5.78 Å². The molecule has 1 aromatic heterocycles. The van der Waals surface area contributed by atoms with Gasteiger partial charge in [-0.2, -0.15) is 0 Å². The average molecular weight is 352 g/mol. The predicted octanol–water partition coefficient (Wildman–Crippen LogP) is 3.19. The number of hydrogen-bond acceptors (Lipinski definition) is 4. The molecule has 6 heteroatoms. The van der Waals surface area contributed by atoms with Crippen LogP contribution in [0.1, 0.15) is 57.8 Å². The molecular formula is C20H20N2O4. The van der Waals surface area contributed by atoms with E-state index in [1.807, 2.05) is 0 Å². The summed E-state index contributed by atoms with van der Waals surface area (Å²) >= 11 is 0. The molecule has 134 valence electrons. The van der Waals surface area contributed by atoms with Gasteiger partial charge in [-0.05, 0) is 56.0 Å². The van der Waals surface area contributed by atoms with Gasteiger partial charge in [0.05, 0.1) is 0 Å². The number of amides is 1. The molecule has 6 nitrogen and oxygen atoms in total. The number of Topliss-reactive ketones (excluding diaryl/α,β-unsaturated/α-hetero) is 1. The van der Waals surface area contributed by atoms with Crippen molar-refractivity contribution >= 4 is 23.3 Å². The fraction of sp³-hybridized carbons (Fsp3) is 0.350. The Kier molecular flexibility index (Phi) is 4.11. The fourth-order valence-electron chi connectivity index (χ4n) is 3.75. The zero-order valence-electron chi connectivity index (χ0n) is 14.6. The van der Waals surface area contributed by atoms with Crippen LogP contribution >= 0.6 is 0 Å². The highest BCUT2D eigenvalue weighted by Gasteiger charge is 2.27. The van der Waals surface area contributed by atoms with Gasteiger partial charge in [0.1, 0.15) is 11.4 Å². The number of nitrogens with zero attached hydrogens (tertiary/aromatic N) is 1. The van der Waals surface area contributed by atoms with Crippen LogP contribution < -0.4 is 9.64 Å². The van der Waals surface area contributed by atoms with E-state index in [9.17, 15) is 14.4 Å². The molecular weight excluding hydrogens is 332 g/mol. The second-order valence-electron chi connectivity index (χ2n) is 6.79. The van der Waals surface area contributed by atoms with Crippen LogP contribution in [0.2, 0.25) is 0 Å². The number of aryl methyl sites for hydroxylation is 1. The average Bonchev–Trinajstić information content (AvgIpc) is 3.20. The number of benzene rings is 1. The van der Waals surface area contributed by atoms with Crippen LogP contribution in [-0.4, -0.2) is 29.2 Å². The third-order valence-corrected chi connectivity index (χ3v) is 5.07. The maximum absolute atomic E-state index is 12.5. The van der Waals surface area contributed by atoms with Gasteiger partial charge in [0, 0.05) is 36.3 Å². The SMILES string of the molecule is Cc1c(C(=O)Oc2ccc(N3CCCC3=O)cc2)[nH]c2c1C(=O)CCC2. The normalized spacial score (nSPS) is 16.7. The zero-order valence-corrected chi connectivity index (χ0v) is 14.6. The first-order valence-electron chi connectivity index (χ1n) is 8.92. The standard InChI is InChI=1S/C20H20N2O4/c1-12-18-15(4-2-5-16(18)23)21-19(12)20(25)26-14-9-7-13(8-10-14)22-11-3-6-17(22)24/h7-10,21H,2-6,11H2,1H3. The summed E-state index contributed by atoms with van der Waals surface area (Å²) in [6, 6.07) is 6.92. The van der Waals surface area contributed by atoms with E-state index in [-0.39, 0.29) is 11.7 Å². The van der Waals surface area contributed by atoms with Crippen molar-refractivity contribution in [1.29, 1.82) is 0 Å². The molecule has 1 aliphatic heterocycles. The molecule has 0 atom stereocenters. The Balaban J connectivity index is 1.52. The molecule has 1 aromatic carbocycles. The highest BCUT2D eigenvalue weighted by Crippen LogP contribution is 2.28. The van der Waals surface area contributed by atoms with Crippen LogP contribution in [0, 0.1) is 6.92 Å². The van der Waals surface area contributed by atoms with Gasteiger partial charge >= 0.3 is 5.97 Å². The lowest BCUT2D eigenvalue weighted by Crippen LogP contribution is -2.23. The van der Waals surface area contributed by atoms with Crippen molar-refractivity contribution in [3.63, 3.8) is 0 Å². The Morgan fingerprint density at radius 1 is 1.08 bits per heavy atom. The summed E-state index contributed by atoms with van der Waals surface area (Å²) in [7, 11) is 0. The molecule has 2 heterocycles. The Morgan fingerprint density at radius 3 is 2.50 bits per heavy atom. The maximum Gasteiger partial charge on any atom is 0.360 e. The van der Waals surface area contributed by atoms with Crippen LogP contribution in [0.5, 0.6) is 5.75 Å². The highest BCUT2D eigenvalue weighted by atomic mass is 16.5. The van der Waals surface area contributed by atoms with Crippen LogP contribution in [0.25, 0.3) is 0 Å². The maximum atomic E-state index is 12.5. The topological polar surface area (TPSA) is 79.5 Å². The van der Waals surface area contributed by atoms with Crippen LogP contribution in [0.3, 0.4) is 0 Å². The number of carbonyl (C=O) groups is 3. The van der Waals surface area contributed by atoms with E-state index in [1.54, 1.807) is 36.1 Å². The van der Waals surface area contributed by atoms with E-state index in [1.165, 1.54) is 0 Å². The summed E-state index contributed by atoms with van der Waals surface area (Å²) in [6.07, 6.45) is 3.54. The van der Waals surface area contributed by atoms with Crippen molar-refractivity contribution in [2.24, 2.45) is 0 Å². The number of esters is 1. The lowest BCUT2D eigenvalue weighted by molar-refractivity contribution is -0.117. The Bertz CT molecular complexity index is 895. The third-order valence-electron chi connectivity index (χ3n) is 5.07.